The topological polar surface area (TPSA) is 39.9 Å². The number of hydrogen-bond donors (Lipinski definition) is 0. The lowest BCUT2D eigenvalue weighted by Gasteiger charge is -2.36. The molecular formula is C23H19N3OS. The Morgan fingerprint density at radius 2 is 1.89 bits per heavy atom. The van der Waals surface area contributed by atoms with Crippen molar-refractivity contribution in [2.75, 3.05) is 12.4 Å². The smallest absolute Gasteiger partial charge is 0.220 e. The Kier molecular flexibility index (Phi) is 3.53. The molecule has 28 heavy (non-hydrogen) atoms. The van der Waals surface area contributed by atoms with Gasteiger partial charge in [0.05, 0.1) is 23.5 Å². The van der Waals surface area contributed by atoms with E-state index in [2.05, 4.69) is 49.4 Å². The number of para-hydroxylation sites is 2. The van der Waals surface area contributed by atoms with Crippen LogP contribution in [0.15, 0.2) is 65.7 Å². The van der Waals surface area contributed by atoms with Crippen molar-refractivity contribution in [3.05, 3.63) is 77.5 Å². The molecule has 2 aliphatic heterocycles. The molecule has 0 bridgehead atoms. The highest BCUT2D eigenvalue weighted by molar-refractivity contribution is 7.99. The number of aryl methyl sites for hydroxylation is 1. The number of aromatic nitrogens is 3. The zero-order chi connectivity index (χ0) is 18.7. The van der Waals surface area contributed by atoms with Crippen LogP contribution in [-0.2, 0) is 0 Å². The highest BCUT2D eigenvalue weighted by Crippen LogP contribution is 2.50. The lowest BCUT2D eigenvalue weighted by atomic mass is 9.80. The fourth-order valence-electron chi connectivity index (χ4n) is 4.47. The van der Waals surface area contributed by atoms with Crippen molar-refractivity contribution >= 4 is 22.7 Å². The molecule has 4 heterocycles. The largest absolute Gasteiger partial charge is 0.477 e. The second-order valence-corrected chi connectivity index (χ2v) is 8.50. The van der Waals surface area contributed by atoms with Crippen molar-refractivity contribution in [3.8, 4) is 11.6 Å². The summed E-state index contributed by atoms with van der Waals surface area (Å²) >= 11 is 1.85. The Hall–Kier alpha value is -2.79. The van der Waals surface area contributed by atoms with Crippen LogP contribution >= 0.6 is 11.8 Å². The van der Waals surface area contributed by atoms with Gasteiger partial charge in [0.2, 0.25) is 5.88 Å². The Balaban J connectivity index is 1.57. The third-order valence-corrected chi connectivity index (χ3v) is 6.96. The van der Waals surface area contributed by atoms with E-state index in [9.17, 15) is 0 Å². The van der Waals surface area contributed by atoms with Gasteiger partial charge in [-0.05, 0) is 36.8 Å². The first-order valence-electron chi connectivity index (χ1n) is 9.60. The fourth-order valence-corrected chi connectivity index (χ4v) is 5.65. The first-order valence-corrected chi connectivity index (χ1v) is 10.6. The summed E-state index contributed by atoms with van der Waals surface area (Å²) in [6, 6.07) is 20.9. The molecule has 2 aromatic heterocycles. The van der Waals surface area contributed by atoms with Crippen LogP contribution in [0.1, 0.15) is 22.7 Å². The molecule has 138 valence electrons. The standard InChI is InChI=1S/C23H19N3OS/c1-14-20-21-16(12-27-23(20)26(25-14)17-8-3-2-4-9-17)13-28-22-18(21)11-15-7-5-6-10-19(15)24-22/h2-11,16,21H,12-13H2,1H3. The molecule has 0 saturated carbocycles. The van der Waals surface area contributed by atoms with Crippen LogP contribution in [0.5, 0.6) is 5.88 Å². The van der Waals surface area contributed by atoms with Gasteiger partial charge in [-0.2, -0.15) is 5.10 Å². The zero-order valence-electron chi connectivity index (χ0n) is 15.5. The normalized spacial score (nSPS) is 20.2. The molecule has 0 radical (unpaired) electrons. The molecule has 0 saturated heterocycles. The zero-order valence-corrected chi connectivity index (χ0v) is 16.3. The Bertz CT molecular complexity index is 1200. The van der Waals surface area contributed by atoms with E-state index < -0.39 is 0 Å². The van der Waals surface area contributed by atoms with Crippen LogP contribution in [0.4, 0.5) is 0 Å². The van der Waals surface area contributed by atoms with E-state index in [4.69, 9.17) is 14.8 Å². The lowest BCUT2D eigenvalue weighted by molar-refractivity contribution is 0.205. The third-order valence-electron chi connectivity index (χ3n) is 5.77. The molecule has 0 aliphatic carbocycles. The second kappa shape index (κ2) is 6.11. The van der Waals surface area contributed by atoms with Gasteiger partial charge in [-0.1, -0.05) is 36.4 Å². The van der Waals surface area contributed by atoms with Gasteiger partial charge in [0.15, 0.2) is 0 Å². The van der Waals surface area contributed by atoms with Gasteiger partial charge in [-0.15, -0.1) is 11.8 Å². The van der Waals surface area contributed by atoms with Crippen molar-refractivity contribution in [3.63, 3.8) is 0 Å². The lowest BCUT2D eigenvalue weighted by Crippen LogP contribution is -2.32. The van der Waals surface area contributed by atoms with E-state index in [0.717, 1.165) is 40.2 Å². The van der Waals surface area contributed by atoms with Crippen LogP contribution in [0.2, 0.25) is 0 Å². The molecule has 0 N–H and O–H groups in total. The molecule has 2 unspecified atom stereocenters. The summed E-state index contributed by atoms with van der Waals surface area (Å²) in [4.78, 5) is 4.97. The van der Waals surface area contributed by atoms with Crippen LogP contribution in [-0.4, -0.2) is 27.1 Å². The molecule has 4 nitrogen and oxygen atoms in total. The van der Waals surface area contributed by atoms with Gasteiger partial charge < -0.3 is 4.74 Å². The van der Waals surface area contributed by atoms with Gasteiger partial charge in [0.25, 0.3) is 0 Å². The molecule has 0 amide bonds. The SMILES string of the molecule is Cc1nn(-c2ccccc2)c2c1C1c3cc4ccccc4nc3SCC1CO2. The Labute approximate surface area is 167 Å². The minimum atomic E-state index is 0.287. The first kappa shape index (κ1) is 16.2. The third kappa shape index (κ3) is 2.32. The van der Waals surface area contributed by atoms with E-state index >= 15 is 0 Å². The van der Waals surface area contributed by atoms with Crippen molar-refractivity contribution < 1.29 is 4.74 Å². The molecule has 2 atom stereocenters. The van der Waals surface area contributed by atoms with Crippen molar-refractivity contribution in [2.45, 2.75) is 17.9 Å². The fraction of sp³-hybridized carbons (Fsp3) is 0.217. The summed E-state index contributed by atoms with van der Waals surface area (Å²) in [5, 5.41) is 7.20. The highest BCUT2D eigenvalue weighted by atomic mass is 32.2. The van der Waals surface area contributed by atoms with Crippen molar-refractivity contribution in [1.82, 2.24) is 14.8 Å². The van der Waals surface area contributed by atoms with Gasteiger partial charge in [0, 0.05) is 28.5 Å². The average Bonchev–Trinajstić information content (AvgIpc) is 3.09. The van der Waals surface area contributed by atoms with E-state index in [1.165, 1.54) is 16.5 Å². The van der Waals surface area contributed by atoms with Crippen LogP contribution in [0.25, 0.3) is 16.6 Å². The highest BCUT2D eigenvalue weighted by Gasteiger charge is 2.41. The molecular weight excluding hydrogens is 366 g/mol. The summed E-state index contributed by atoms with van der Waals surface area (Å²) in [5.41, 5.74) is 5.68. The first-order chi connectivity index (χ1) is 13.8. The maximum absolute atomic E-state index is 6.27. The van der Waals surface area contributed by atoms with Crippen LogP contribution in [0, 0.1) is 12.8 Å². The number of nitrogens with zero attached hydrogens (tertiary/aromatic N) is 3. The number of fused-ring (bicyclic) bond motifs is 6. The van der Waals surface area contributed by atoms with Gasteiger partial charge in [0.1, 0.15) is 5.03 Å². The summed E-state index contributed by atoms with van der Waals surface area (Å²) in [5.74, 6) is 2.64. The maximum Gasteiger partial charge on any atom is 0.220 e. The predicted molar refractivity (Wildman–Crippen MR) is 112 cm³/mol. The molecule has 5 heteroatoms. The minimum Gasteiger partial charge on any atom is -0.477 e. The summed E-state index contributed by atoms with van der Waals surface area (Å²) < 4.78 is 8.22. The quantitative estimate of drug-likeness (QED) is 0.464. The molecule has 4 aromatic rings. The van der Waals surface area contributed by atoms with E-state index in [1.807, 2.05) is 34.6 Å². The molecule has 6 rings (SSSR count). The number of rotatable bonds is 1. The Morgan fingerprint density at radius 1 is 1.07 bits per heavy atom. The molecule has 2 aliphatic rings. The number of benzene rings is 2. The summed E-state index contributed by atoms with van der Waals surface area (Å²) in [6.07, 6.45) is 0. The number of thioether (sulfide) groups is 1. The predicted octanol–water partition coefficient (Wildman–Crippen LogP) is 4.98. The second-order valence-electron chi connectivity index (χ2n) is 7.49. The van der Waals surface area contributed by atoms with Gasteiger partial charge >= 0.3 is 0 Å². The molecule has 2 aromatic carbocycles. The van der Waals surface area contributed by atoms with Gasteiger partial charge in [-0.25, -0.2) is 9.67 Å². The molecule has 0 fully saturated rings. The van der Waals surface area contributed by atoms with Crippen molar-refractivity contribution in [1.29, 1.82) is 0 Å². The molecule has 0 spiro atoms. The van der Waals surface area contributed by atoms with E-state index in [-0.39, 0.29) is 5.92 Å². The number of hydrogen-bond acceptors (Lipinski definition) is 4. The average molecular weight is 385 g/mol. The number of ether oxygens (including phenoxy) is 1. The number of pyridine rings is 1. The van der Waals surface area contributed by atoms with Crippen molar-refractivity contribution in [2.24, 2.45) is 5.92 Å². The maximum atomic E-state index is 6.27. The van der Waals surface area contributed by atoms with Crippen LogP contribution < -0.4 is 4.74 Å². The van der Waals surface area contributed by atoms with E-state index in [0.29, 0.717) is 5.92 Å². The summed E-state index contributed by atoms with van der Waals surface area (Å²) in [6.45, 7) is 2.81. The van der Waals surface area contributed by atoms with E-state index in [1.54, 1.807) is 0 Å². The Morgan fingerprint density at radius 3 is 2.79 bits per heavy atom. The monoisotopic (exact) mass is 385 g/mol. The summed E-state index contributed by atoms with van der Waals surface area (Å²) in [7, 11) is 0. The van der Waals surface area contributed by atoms with Gasteiger partial charge in [-0.3, -0.25) is 0 Å². The van der Waals surface area contributed by atoms with Crippen LogP contribution in [0.3, 0.4) is 0 Å². The minimum absolute atomic E-state index is 0.287.